The van der Waals surface area contributed by atoms with Crippen molar-refractivity contribution in [1.29, 1.82) is 0 Å². The van der Waals surface area contributed by atoms with E-state index >= 15 is 0 Å². The molecule has 2 amide bonds. The van der Waals surface area contributed by atoms with Crippen molar-refractivity contribution in [2.45, 2.75) is 44.9 Å². The molecule has 24 heavy (non-hydrogen) atoms. The highest BCUT2D eigenvalue weighted by Crippen LogP contribution is 2.24. The lowest BCUT2D eigenvalue weighted by molar-refractivity contribution is -0.120. The molecule has 1 aromatic rings. The molecule has 5 nitrogen and oxygen atoms in total. The third-order valence-electron chi connectivity index (χ3n) is 4.34. The highest BCUT2D eigenvalue weighted by molar-refractivity contribution is 6.04. The van der Waals surface area contributed by atoms with Crippen LogP contribution in [-0.4, -0.2) is 24.9 Å². The first-order chi connectivity index (χ1) is 11.2. The van der Waals surface area contributed by atoms with Crippen LogP contribution in [0.5, 0.6) is 0 Å². The van der Waals surface area contributed by atoms with Crippen molar-refractivity contribution < 1.29 is 9.59 Å². The van der Waals surface area contributed by atoms with Gasteiger partial charge in [-0.1, -0.05) is 44.2 Å². The normalized spacial score (nSPS) is 15.5. The first kappa shape index (κ1) is 20.5. The zero-order valence-corrected chi connectivity index (χ0v) is 14.9. The summed E-state index contributed by atoms with van der Waals surface area (Å²) in [7, 11) is 0. The fourth-order valence-electron chi connectivity index (χ4n) is 3.02. The lowest BCUT2D eigenvalue weighted by Gasteiger charge is -2.20. The Bertz CT molecular complexity index is 529. The van der Waals surface area contributed by atoms with Crippen LogP contribution in [0, 0.1) is 5.92 Å². The summed E-state index contributed by atoms with van der Waals surface area (Å²) in [5, 5.41) is 5.70. The molecular formula is C18H28ClN3O2. The minimum absolute atomic E-state index is 0. The molecule has 134 valence electrons. The Hall–Kier alpha value is -1.59. The standard InChI is InChI=1S/C18H27N3O2.ClH/c19-12-13-20-18(23)15-10-6-7-11-16(15)21-17(22)14-8-4-2-1-3-5-9-14;/h6-7,10-11,14H,1-5,8-9,12-13,19H2,(H,20,23)(H,21,22);1H. The maximum absolute atomic E-state index is 12.6. The number of rotatable bonds is 5. The summed E-state index contributed by atoms with van der Waals surface area (Å²) in [6.45, 7) is 0.812. The van der Waals surface area contributed by atoms with Crippen LogP contribution in [0.15, 0.2) is 24.3 Å². The van der Waals surface area contributed by atoms with Crippen LogP contribution in [0.2, 0.25) is 0 Å². The van der Waals surface area contributed by atoms with Gasteiger partial charge in [0.15, 0.2) is 0 Å². The molecule has 0 spiro atoms. The van der Waals surface area contributed by atoms with E-state index in [1.54, 1.807) is 18.2 Å². The zero-order chi connectivity index (χ0) is 16.5. The maximum atomic E-state index is 12.6. The molecule has 0 saturated heterocycles. The molecule has 2 rings (SSSR count). The number of nitrogens with one attached hydrogen (secondary N) is 2. The third-order valence-corrected chi connectivity index (χ3v) is 4.34. The molecule has 1 aromatic carbocycles. The summed E-state index contributed by atoms with van der Waals surface area (Å²) in [4.78, 5) is 24.7. The van der Waals surface area contributed by atoms with Gasteiger partial charge in [-0.2, -0.15) is 0 Å². The number of carbonyl (C=O) groups excluding carboxylic acids is 2. The first-order valence-corrected chi connectivity index (χ1v) is 8.60. The second-order valence-electron chi connectivity index (χ2n) is 6.12. The molecule has 0 aliphatic heterocycles. The largest absolute Gasteiger partial charge is 0.351 e. The van der Waals surface area contributed by atoms with Crippen molar-refractivity contribution in [3.63, 3.8) is 0 Å². The lowest BCUT2D eigenvalue weighted by atomic mass is 9.90. The number of hydrogen-bond donors (Lipinski definition) is 3. The van der Waals surface area contributed by atoms with Crippen molar-refractivity contribution >= 4 is 29.9 Å². The molecule has 0 radical (unpaired) electrons. The number of amides is 2. The van der Waals surface area contributed by atoms with E-state index in [1.807, 2.05) is 6.07 Å². The Morgan fingerprint density at radius 2 is 1.67 bits per heavy atom. The van der Waals surface area contributed by atoms with Crippen molar-refractivity contribution in [3.05, 3.63) is 29.8 Å². The molecule has 0 heterocycles. The van der Waals surface area contributed by atoms with Crippen LogP contribution >= 0.6 is 12.4 Å². The summed E-state index contributed by atoms with van der Waals surface area (Å²) in [5.41, 5.74) is 6.48. The molecule has 1 fully saturated rings. The summed E-state index contributed by atoms with van der Waals surface area (Å²) >= 11 is 0. The van der Waals surface area contributed by atoms with Gasteiger partial charge in [0.2, 0.25) is 5.91 Å². The smallest absolute Gasteiger partial charge is 0.253 e. The molecule has 4 N–H and O–H groups in total. The molecule has 0 unspecified atom stereocenters. The average molecular weight is 354 g/mol. The van der Waals surface area contributed by atoms with Crippen LogP contribution in [0.3, 0.4) is 0 Å². The highest BCUT2D eigenvalue weighted by Gasteiger charge is 2.21. The molecule has 1 aliphatic rings. The predicted octanol–water partition coefficient (Wildman–Crippen LogP) is 3.10. The third kappa shape index (κ3) is 6.13. The van der Waals surface area contributed by atoms with Crippen molar-refractivity contribution in [3.8, 4) is 0 Å². The summed E-state index contributed by atoms with van der Waals surface area (Å²) in [6, 6.07) is 7.12. The van der Waals surface area contributed by atoms with E-state index in [0.29, 0.717) is 24.3 Å². The van der Waals surface area contributed by atoms with E-state index in [9.17, 15) is 9.59 Å². The van der Waals surface area contributed by atoms with E-state index < -0.39 is 0 Å². The minimum atomic E-state index is -0.205. The predicted molar refractivity (Wildman–Crippen MR) is 99.5 cm³/mol. The van der Waals surface area contributed by atoms with Gasteiger partial charge in [-0.3, -0.25) is 9.59 Å². The van der Waals surface area contributed by atoms with Crippen molar-refractivity contribution in [1.82, 2.24) is 5.32 Å². The lowest BCUT2D eigenvalue weighted by Crippen LogP contribution is -2.30. The molecular weight excluding hydrogens is 326 g/mol. The van der Waals surface area contributed by atoms with Gasteiger partial charge in [0.05, 0.1) is 11.3 Å². The second-order valence-corrected chi connectivity index (χ2v) is 6.12. The van der Waals surface area contributed by atoms with E-state index in [1.165, 1.54) is 19.3 Å². The number of halogens is 1. The monoisotopic (exact) mass is 353 g/mol. The molecule has 1 aliphatic carbocycles. The molecule has 6 heteroatoms. The van der Waals surface area contributed by atoms with Crippen LogP contribution in [0.25, 0.3) is 0 Å². The highest BCUT2D eigenvalue weighted by atomic mass is 35.5. The molecule has 0 aromatic heterocycles. The number of para-hydroxylation sites is 1. The Kier molecular flexibility index (Phi) is 9.42. The average Bonchev–Trinajstić information content (AvgIpc) is 2.52. The van der Waals surface area contributed by atoms with Gasteiger partial charge in [0.1, 0.15) is 0 Å². The number of nitrogens with two attached hydrogens (primary N) is 1. The Labute approximate surface area is 150 Å². The molecule has 0 atom stereocenters. The van der Waals surface area contributed by atoms with Gasteiger partial charge in [0.25, 0.3) is 5.91 Å². The summed E-state index contributed by atoms with van der Waals surface area (Å²) in [5.74, 6) is -0.120. The van der Waals surface area contributed by atoms with E-state index in [4.69, 9.17) is 5.73 Å². The van der Waals surface area contributed by atoms with Crippen LogP contribution < -0.4 is 16.4 Å². The SMILES string of the molecule is Cl.NCCNC(=O)c1ccccc1NC(=O)C1CCCCCCC1. The van der Waals surface area contributed by atoms with Crippen LogP contribution in [0.4, 0.5) is 5.69 Å². The molecule has 0 bridgehead atoms. The van der Waals surface area contributed by atoms with E-state index in [-0.39, 0.29) is 30.1 Å². The van der Waals surface area contributed by atoms with Crippen molar-refractivity contribution in [2.75, 3.05) is 18.4 Å². The van der Waals surface area contributed by atoms with E-state index in [2.05, 4.69) is 10.6 Å². The number of hydrogen-bond acceptors (Lipinski definition) is 3. The Morgan fingerprint density at radius 3 is 2.33 bits per heavy atom. The van der Waals surface area contributed by atoms with Gasteiger partial charge in [-0.25, -0.2) is 0 Å². The van der Waals surface area contributed by atoms with Gasteiger partial charge in [-0.15, -0.1) is 12.4 Å². The van der Waals surface area contributed by atoms with Gasteiger partial charge in [-0.05, 0) is 25.0 Å². The van der Waals surface area contributed by atoms with Crippen LogP contribution in [0.1, 0.15) is 55.3 Å². The fourth-order valence-corrected chi connectivity index (χ4v) is 3.02. The topological polar surface area (TPSA) is 84.2 Å². The van der Waals surface area contributed by atoms with E-state index in [0.717, 1.165) is 25.7 Å². The maximum Gasteiger partial charge on any atom is 0.253 e. The van der Waals surface area contributed by atoms with Crippen LogP contribution in [-0.2, 0) is 4.79 Å². The second kappa shape index (κ2) is 11.0. The summed E-state index contributed by atoms with van der Waals surface area (Å²) in [6.07, 6.45) is 7.79. The summed E-state index contributed by atoms with van der Waals surface area (Å²) < 4.78 is 0. The Morgan fingerprint density at radius 1 is 1.04 bits per heavy atom. The zero-order valence-electron chi connectivity index (χ0n) is 14.1. The van der Waals surface area contributed by atoms with Gasteiger partial charge in [0, 0.05) is 19.0 Å². The number of anilines is 1. The Balaban J connectivity index is 0.00000288. The number of benzene rings is 1. The number of carbonyl (C=O) groups is 2. The minimum Gasteiger partial charge on any atom is -0.351 e. The van der Waals surface area contributed by atoms with Gasteiger partial charge >= 0.3 is 0 Å². The molecule has 1 saturated carbocycles. The van der Waals surface area contributed by atoms with Crippen molar-refractivity contribution in [2.24, 2.45) is 11.7 Å². The quantitative estimate of drug-likeness (QED) is 0.760. The fraction of sp³-hybridized carbons (Fsp3) is 0.556. The van der Waals surface area contributed by atoms with Gasteiger partial charge < -0.3 is 16.4 Å². The first-order valence-electron chi connectivity index (χ1n) is 8.60.